The number of hydrogen-bond donors (Lipinski definition) is 1. The van der Waals surface area contributed by atoms with Gasteiger partial charge < -0.3 is 19.6 Å². The lowest BCUT2D eigenvalue weighted by Gasteiger charge is -2.26. The van der Waals surface area contributed by atoms with Gasteiger partial charge in [0.2, 0.25) is 0 Å². The monoisotopic (exact) mass is 514 g/mol. The van der Waals surface area contributed by atoms with Crippen LogP contribution < -0.4 is 4.74 Å². The molecule has 0 spiro atoms. The van der Waals surface area contributed by atoms with Crippen molar-refractivity contribution in [1.82, 2.24) is 9.80 Å². The molecule has 1 fully saturated rings. The zero-order valence-electron chi connectivity index (χ0n) is 19.6. The van der Waals surface area contributed by atoms with Crippen LogP contribution in [0.4, 0.5) is 0 Å². The van der Waals surface area contributed by atoms with Crippen LogP contribution in [0, 0.1) is 6.92 Å². The summed E-state index contributed by atoms with van der Waals surface area (Å²) in [7, 11) is 3.83. The van der Waals surface area contributed by atoms with Crippen LogP contribution in [0.15, 0.2) is 52.5 Å². The molecule has 1 atom stereocenters. The number of carbonyl (C=O) groups is 2. The summed E-state index contributed by atoms with van der Waals surface area (Å²) in [5.41, 5.74) is 2.22. The summed E-state index contributed by atoms with van der Waals surface area (Å²) in [6.45, 7) is 5.60. The minimum atomic E-state index is -0.669. The summed E-state index contributed by atoms with van der Waals surface area (Å²) in [6.07, 6.45) is 2.01. The lowest BCUT2D eigenvalue weighted by Crippen LogP contribution is -2.35. The van der Waals surface area contributed by atoms with E-state index in [1.54, 1.807) is 23.1 Å². The van der Waals surface area contributed by atoms with E-state index in [1.165, 1.54) is 0 Å². The lowest BCUT2D eigenvalue weighted by molar-refractivity contribution is -0.140. The van der Waals surface area contributed by atoms with Crippen molar-refractivity contribution in [1.29, 1.82) is 0 Å². The van der Waals surface area contributed by atoms with E-state index in [1.807, 2.05) is 50.2 Å². The number of ketones is 1. The Morgan fingerprint density at radius 3 is 2.58 bits per heavy atom. The maximum Gasteiger partial charge on any atom is 0.295 e. The van der Waals surface area contributed by atoms with Gasteiger partial charge in [-0.25, -0.2) is 0 Å². The molecule has 33 heavy (non-hydrogen) atoms. The van der Waals surface area contributed by atoms with E-state index < -0.39 is 17.7 Å². The van der Waals surface area contributed by atoms with Crippen molar-refractivity contribution in [2.75, 3.05) is 33.8 Å². The number of halogens is 1. The smallest absolute Gasteiger partial charge is 0.295 e. The van der Waals surface area contributed by atoms with Crippen LogP contribution in [-0.2, 0) is 9.59 Å². The molecule has 0 aliphatic carbocycles. The number of aryl methyl sites for hydroxylation is 1. The number of likely N-dealkylation sites (tertiary alicyclic amines) is 1. The molecule has 0 bridgehead atoms. The quantitative estimate of drug-likeness (QED) is 0.222. The summed E-state index contributed by atoms with van der Waals surface area (Å²) >= 11 is 3.48. The molecule has 176 valence electrons. The molecule has 0 aromatic heterocycles. The zero-order valence-corrected chi connectivity index (χ0v) is 21.2. The molecule has 2 aromatic rings. The highest BCUT2D eigenvalue weighted by Crippen LogP contribution is 2.40. The summed E-state index contributed by atoms with van der Waals surface area (Å²) in [4.78, 5) is 29.6. The molecule has 0 radical (unpaired) electrons. The number of carbonyl (C=O) groups excluding carboxylic acids is 2. The number of amides is 1. The van der Waals surface area contributed by atoms with Crippen LogP contribution in [0.25, 0.3) is 5.76 Å². The molecule has 3 rings (SSSR count). The van der Waals surface area contributed by atoms with Gasteiger partial charge in [-0.15, -0.1) is 0 Å². The number of hydrogen-bond acceptors (Lipinski definition) is 5. The number of unbranched alkanes of at least 4 members (excludes halogenated alkanes) is 1. The Morgan fingerprint density at radius 1 is 1.18 bits per heavy atom. The molecular formula is C26H31BrN2O4. The van der Waals surface area contributed by atoms with E-state index in [9.17, 15) is 14.7 Å². The number of nitrogens with zero attached hydrogens (tertiary/aromatic N) is 2. The third-order valence-corrected chi connectivity index (χ3v) is 6.19. The number of Topliss-reactive ketones (excluding diaryl/α,β-unsaturated/α-hetero) is 1. The number of likely N-dealkylation sites (N-methyl/N-ethyl adjacent to an activating group) is 1. The largest absolute Gasteiger partial charge is 0.507 e. The fourth-order valence-corrected chi connectivity index (χ4v) is 4.30. The molecule has 1 aliphatic rings. The minimum Gasteiger partial charge on any atom is -0.507 e. The van der Waals surface area contributed by atoms with Crippen LogP contribution in [0.1, 0.15) is 42.5 Å². The first-order valence-electron chi connectivity index (χ1n) is 11.2. The normalized spacial score (nSPS) is 17.8. The van der Waals surface area contributed by atoms with E-state index in [0.29, 0.717) is 25.3 Å². The van der Waals surface area contributed by atoms with Gasteiger partial charge in [0.15, 0.2) is 0 Å². The van der Waals surface area contributed by atoms with Crippen LogP contribution in [0.2, 0.25) is 0 Å². The van der Waals surface area contributed by atoms with E-state index in [0.717, 1.165) is 34.2 Å². The van der Waals surface area contributed by atoms with Crippen LogP contribution in [0.3, 0.4) is 0 Å². The topological polar surface area (TPSA) is 70.1 Å². The second-order valence-corrected chi connectivity index (χ2v) is 9.45. The molecule has 2 aromatic carbocycles. The maximum atomic E-state index is 13.1. The molecule has 6 nitrogen and oxygen atoms in total. The Kier molecular flexibility index (Phi) is 8.32. The maximum absolute atomic E-state index is 13.1. The number of ether oxygens (including phenoxy) is 1. The highest BCUT2D eigenvalue weighted by Gasteiger charge is 2.45. The number of aliphatic hydroxyl groups excluding tert-OH is 1. The van der Waals surface area contributed by atoms with Gasteiger partial charge in [-0.3, -0.25) is 9.59 Å². The summed E-state index contributed by atoms with van der Waals surface area (Å²) in [5.74, 6) is -0.694. The summed E-state index contributed by atoms with van der Waals surface area (Å²) < 4.78 is 6.65. The van der Waals surface area contributed by atoms with Crippen LogP contribution >= 0.6 is 15.9 Å². The molecule has 1 amide bonds. The third-order valence-electron chi connectivity index (χ3n) is 5.70. The van der Waals surface area contributed by atoms with Gasteiger partial charge >= 0.3 is 0 Å². The molecule has 0 unspecified atom stereocenters. The van der Waals surface area contributed by atoms with Crippen molar-refractivity contribution in [3.05, 3.63) is 69.2 Å². The highest BCUT2D eigenvalue weighted by atomic mass is 79.9. The Bertz CT molecular complexity index is 1060. The first-order valence-corrected chi connectivity index (χ1v) is 12.0. The molecule has 0 saturated carbocycles. The van der Waals surface area contributed by atoms with Crippen molar-refractivity contribution in [2.45, 2.75) is 32.7 Å². The van der Waals surface area contributed by atoms with E-state index in [4.69, 9.17) is 4.74 Å². The highest BCUT2D eigenvalue weighted by molar-refractivity contribution is 9.10. The predicted octanol–water partition coefficient (Wildman–Crippen LogP) is 4.92. The van der Waals surface area contributed by atoms with Crippen molar-refractivity contribution < 1.29 is 19.4 Å². The average molecular weight is 515 g/mol. The fourth-order valence-electron chi connectivity index (χ4n) is 3.88. The first-order chi connectivity index (χ1) is 15.7. The standard InChI is InChI=1S/C26H31BrN2O4/c1-5-6-14-33-21-11-10-19(15-17(21)2)24(30)22-23(18-8-7-9-20(27)16-18)29(13-12-28(3)4)26(32)25(22)31/h7-11,15-16,23,30H,5-6,12-14H2,1-4H3/b24-22+/t23-/m1/s1. The molecule has 7 heteroatoms. The van der Waals surface area contributed by atoms with E-state index in [2.05, 4.69) is 22.9 Å². The third kappa shape index (κ3) is 5.65. The van der Waals surface area contributed by atoms with Gasteiger partial charge in [0.05, 0.1) is 18.2 Å². The molecule has 1 saturated heterocycles. The van der Waals surface area contributed by atoms with Crippen LogP contribution in [0.5, 0.6) is 5.75 Å². The van der Waals surface area contributed by atoms with Crippen molar-refractivity contribution in [3.8, 4) is 5.75 Å². The predicted molar refractivity (Wildman–Crippen MR) is 133 cm³/mol. The Hall–Kier alpha value is -2.64. The lowest BCUT2D eigenvalue weighted by atomic mass is 9.95. The SMILES string of the molecule is CCCCOc1ccc(/C(O)=C2\C(=O)C(=O)N(CCN(C)C)[C@@H]2c2cccc(Br)c2)cc1C. The summed E-state index contributed by atoms with van der Waals surface area (Å²) in [6, 6.07) is 12.2. The minimum absolute atomic E-state index is 0.107. The Balaban J connectivity index is 2.06. The average Bonchev–Trinajstić information content (AvgIpc) is 3.03. The van der Waals surface area contributed by atoms with Crippen molar-refractivity contribution in [2.24, 2.45) is 0 Å². The molecule has 1 heterocycles. The second-order valence-electron chi connectivity index (χ2n) is 8.53. The van der Waals surface area contributed by atoms with Gasteiger partial charge in [0, 0.05) is 23.1 Å². The van der Waals surface area contributed by atoms with Gasteiger partial charge in [0.1, 0.15) is 11.5 Å². The number of rotatable bonds is 9. The van der Waals surface area contributed by atoms with Gasteiger partial charge in [-0.1, -0.05) is 41.4 Å². The van der Waals surface area contributed by atoms with E-state index >= 15 is 0 Å². The first kappa shape index (κ1) is 25.0. The number of aliphatic hydroxyl groups is 1. The van der Waals surface area contributed by atoms with E-state index in [-0.39, 0.29) is 11.3 Å². The number of benzene rings is 2. The molecular weight excluding hydrogens is 484 g/mol. The molecule has 1 N–H and O–H groups in total. The van der Waals surface area contributed by atoms with Gasteiger partial charge in [0.25, 0.3) is 11.7 Å². The van der Waals surface area contributed by atoms with Crippen molar-refractivity contribution in [3.63, 3.8) is 0 Å². The second kappa shape index (κ2) is 11.0. The Morgan fingerprint density at radius 2 is 1.94 bits per heavy atom. The van der Waals surface area contributed by atoms with Gasteiger partial charge in [-0.05, 0) is 68.9 Å². The van der Waals surface area contributed by atoms with Gasteiger partial charge in [-0.2, -0.15) is 0 Å². The zero-order chi connectivity index (χ0) is 24.1. The summed E-state index contributed by atoms with van der Waals surface area (Å²) in [5, 5.41) is 11.3. The van der Waals surface area contributed by atoms with Crippen LogP contribution in [-0.4, -0.2) is 60.4 Å². The Labute approximate surface area is 204 Å². The fraction of sp³-hybridized carbons (Fsp3) is 0.385. The van der Waals surface area contributed by atoms with Crippen molar-refractivity contribution >= 4 is 33.4 Å². The molecule has 1 aliphatic heterocycles.